The number of hydroxylamine groups is 1. The topological polar surface area (TPSA) is 75.7 Å². The van der Waals surface area contributed by atoms with Gasteiger partial charge in [0.25, 0.3) is 0 Å². The normalized spacial score (nSPS) is 14.3. The van der Waals surface area contributed by atoms with E-state index in [-0.39, 0.29) is 35.4 Å². The van der Waals surface area contributed by atoms with Gasteiger partial charge >= 0.3 is 6.18 Å². The Morgan fingerprint density at radius 2 is 1.79 bits per heavy atom. The van der Waals surface area contributed by atoms with Crippen LogP contribution in [0.1, 0.15) is 25.3 Å². The third-order valence-corrected chi connectivity index (χ3v) is 4.49. The van der Waals surface area contributed by atoms with Crippen molar-refractivity contribution in [3.05, 3.63) is 47.0 Å². The maximum atomic E-state index is 13.3. The summed E-state index contributed by atoms with van der Waals surface area (Å²) in [4.78, 5) is 41.8. The molecule has 1 saturated heterocycles. The van der Waals surface area contributed by atoms with Crippen LogP contribution in [0.3, 0.4) is 0 Å². The van der Waals surface area contributed by atoms with Gasteiger partial charge in [-0.15, -0.1) is 0 Å². The number of rotatable bonds is 4. The third-order valence-electron chi connectivity index (χ3n) is 4.16. The van der Waals surface area contributed by atoms with E-state index >= 15 is 0 Å². The Labute approximate surface area is 168 Å². The number of carbonyl (C=O) groups excluding carboxylic acids is 3. The molecule has 1 heterocycles. The van der Waals surface area contributed by atoms with Gasteiger partial charge in [-0.25, -0.2) is 4.90 Å². The number of alkyl halides is 3. The molecule has 3 rings (SSSR count). The van der Waals surface area contributed by atoms with E-state index in [1.807, 2.05) is 0 Å². The molecular weight excluding hydrogens is 413 g/mol. The summed E-state index contributed by atoms with van der Waals surface area (Å²) in [7, 11) is 0. The van der Waals surface area contributed by atoms with Gasteiger partial charge in [-0.05, 0) is 29.8 Å². The lowest BCUT2D eigenvalue weighted by Crippen LogP contribution is -2.30. The van der Waals surface area contributed by atoms with E-state index in [0.717, 1.165) is 17.0 Å². The highest BCUT2D eigenvalue weighted by Gasteiger charge is 2.36. The number of hydrogen-bond acceptors (Lipinski definition) is 4. The summed E-state index contributed by atoms with van der Waals surface area (Å²) in [5.74, 6) is -1.57. The van der Waals surface area contributed by atoms with Gasteiger partial charge in [-0.3, -0.25) is 14.4 Å². The first-order valence-corrected chi connectivity index (χ1v) is 8.76. The quantitative estimate of drug-likeness (QED) is 0.589. The zero-order valence-electron chi connectivity index (χ0n) is 15.0. The van der Waals surface area contributed by atoms with Gasteiger partial charge < -0.3 is 4.84 Å². The maximum Gasteiger partial charge on any atom is 0.417 e. The molecule has 0 radical (unpaired) electrons. The predicted molar refractivity (Wildman–Crippen MR) is 98.1 cm³/mol. The number of anilines is 1. The van der Waals surface area contributed by atoms with Crippen LogP contribution in [0.5, 0.6) is 5.75 Å². The van der Waals surface area contributed by atoms with Crippen molar-refractivity contribution in [3.8, 4) is 16.9 Å². The Hall–Kier alpha value is -3.07. The minimum Gasteiger partial charge on any atom is -0.379 e. The molecule has 0 atom stereocenters. The summed E-state index contributed by atoms with van der Waals surface area (Å²) in [5, 5.41) is -0.503. The highest BCUT2D eigenvalue weighted by atomic mass is 35.5. The Kier molecular flexibility index (Phi) is 5.52. The average molecular weight is 427 g/mol. The lowest BCUT2D eigenvalue weighted by Gasteiger charge is -2.21. The van der Waals surface area contributed by atoms with E-state index in [0.29, 0.717) is 0 Å². The van der Waals surface area contributed by atoms with Crippen LogP contribution < -0.4 is 15.2 Å². The first-order chi connectivity index (χ1) is 13.6. The molecule has 0 saturated carbocycles. The first-order valence-electron chi connectivity index (χ1n) is 8.39. The molecule has 10 heteroatoms. The number of nitrogens with zero attached hydrogens (tertiary/aromatic N) is 1. The van der Waals surface area contributed by atoms with Crippen LogP contribution in [0, 0.1) is 0 Å². The third kappa shape index (κ3) is 4.19. The van der Waals surface area contributed by atoms with Crippen LogP contribution in [0.15, 0.2) is 36.4 Å². The second-order valence-electron chi connectivity index (χ2n) is 6.23. The predicted octanol–water partition coefficient (Wildman–Crippen LogP) is 4.11. The van der Waals surface area contributed by atoms with Gasteiger partial charge in [-0.1, -0.05) is 23.7 Å². The minimum absolute atomic E-state index is 0.00479. The summed E-state index contributed by atoms with van der Waals surface area (Å²) < 4.78 is 40.0. The zero-order valence-corrected chi connectivity index (χ0v) is 15.7. The van der Waals surface area contributed by atoms with E-state index in [2.05, 4.69) is 5.48 Å². The molecule has 1 N–H and O–H groups in total. The number of benzene rings is 2. The SMILES string of the molecule is CC(=O)NOc1cccc(N2C(=O)CCC2=O)c1-c1ccc(Cl)c(C(F)(F)F)c1. The zero-order chi connectivity index (χ0) is 21.3. The number of halogens is 4. The van der Waals surface area contributed by atoms with Crippen molar-refractivity contribution in [2.24, 2.45) is 0 Å². The van der Waals surface area contributed by atoms with Gasteiger partial charge in [0.2, 0.25) is 17.7 Å². The van der Waals surface area contributed by atoms with Crippen LogP contribution in [0.25, 0.3) is 11.1 Å². The van der Waals surface area contributed by atoms with Gasteiger partial charge in [0.1, 0.15) is 0 Å². The summed E-state index contributed by atoms with van der Waals surface area (Å²) in [6.07, 6.45) is -4.74. The second-order valence-corrected chi connectivity index (χ2v) is 6.63. The lowest BCUT2D eigenvalue weighted by molar-refractivity contribution is -0.137. The molecule has 0 aromatic heterocycles. The smallest absolute Gasteiger partial charge is 0.379 e. The lowest BCUT2D eigenvalue weighted by atomic mass is 9.99. The Balaban J connectivity index is 2.23. The molecular formula is C19H14ClF3N2O4. The molecule has 3 amide bonds. The molecule has 2 aromatic rings. The molecule has 0 spiro atoms. The molecule has 1 aliphatic heterocycles. The standard InChI is InChI=1S/C19H14ClF3N2O4/c1-10(26)24-29-15-4-2-3-14(25-16(27)7-8-17(25)28)18(15)11-5-6-13(20)12(9-11)19(21,22)23/h2-6,9H,7-8H2,1H3,(H,24,26). The van der Waals surface area contributed by atoms with Gasteiger partial charge in [0.15, 0.2) is 5.75 Å². The van der Waals surface area contributed by atoms with E-state index in [1.165, 1.54) is 31.2 Å². The van der Waals surface area contributed by atoms with E-state index < -0.39 is 34.5 Å². The van der Waals surface area contributed by atoms with Crippen LogP contribution in [0.2, 0.25) is 5.02 Å². The first kappa shape index (κ1) is 20.7. The van der Waals surface area contributed by atoms with E-state index in [9.17, 15) is 27.6 Å². The fourth-order valence-electron chi connectivity index (χ4n) is 2.95. The number of amides is 3. The highest BCUT2D eigenvalue weighted by Crippen LogP contribution is 2.43. The van der Waals surface area contributed by atoms with Gasteiger partial charge in [-0.2, -0.15) is 18.7 Å². The van der Waals surface area contributed by atoms with Crippen molar-refractivity contribution in [1.82, 2.24) is 5.48 Å². The summed E-state index contributed by atoms with van der Waals surface area (Å²) in [6.45, 7) is 1.18. The van der Waals surface area contributed by atoms with E-state index in [1.54, 1.807) is 0 Å². The van der Waals surface area contributed by atoms with Crippen LogP contribution in [0.4, 0.5) is 18.9 Å². The summed E-state index contributed by atoms with van der Waals surface area (Å²) in [5.41, 5.74) is 1.10. The Morgan fingerprint density at radius 1 is 1.14 bits per heavy atom. The van der Waals surface area contributed by atoms with Crippen molar-refractivity contribution in [1.29, 1.82) is 0 Å². The van der Waals surface area contributed by atoms with Gasteiger partial charge in [0.05, 0.1) is 21.8 Å². The van der Waals surface area contributed by atoms with Crippen LogP contribution in [-0.4, -0.2) is 17.7 Å². The number of imide groups is 1. The van der Waals surface area contributed by atoms with Crippen LogP contribution >= 0.6 is 11.6 Å². The number of hydrogen-bond donors (Lipinski definition) is 1. The molecule has 29 heavy (non-hydrogen) atoms. The number of nitrogens with one attached hydrogen (secondary N) is 1. The Morgan fingerprint density at radius 3 is 2.38 bits per heavy atom. The molecule has 6 nitrogen and oxygen atoms in total. The van der Waals surface area contributed by atoms with E-state index in [4.69, 9.17) is 16.4 Å². The fraction of sp³-hybridized carbons (Fsp3) is 0.211. The molecule has 1 fully saturated rings. The van der Waals surface area contributed by atoms with Gasteiger partial charge in [0, 0.05) is 19.8 Å². The molecule has 0 unspecified atom stereocenters. The largest absolute Gasteiger partial charge is 0.417 e. The van der Waals surface area contributed by atoms with Crippen LogP contribution in [-0.2, 0) is 20.6 Å². The second kappa shape index (κ2) is 7.75. The summed E-state index contributed by atoms with van der Waals surface area (Å²) in [6, 6.07) is 7.43. The molecule has 2 aromatic carbocycles. The summed E-state index contributed by atoms with van der Waals surface area (Å²) >= 11 is 5.70. The van der Waals surface area contributed by atoms with Crippen molar-refractivity contribution in [2.45, 2.75) is 25.9 Å². The average Bonchev–Trinajstić information content (AvgIpc) is 2.97. The van der Waals surface area contributed by atoms with Crippen molar-refractivity contribution >= 4 is 35.0 Å². The maximum absolute atomic E-state index is 13.3. The fourth-order valence-corrected chi connectivity index (χ4v) is 3.18. The molecule has 0 aliphatic carbocycles. The molecule has 0 bridgehead atoms. The Bertz CT molecular complexity index is 991. The number of carbonyl (C=O) groups is 3. The highest BCUT2D eigenvalue weighted by molar-refractivity contribution is 6.31. The van der Waals surface area contributed by atoms with Crippen molar-refractivity contribution < 1.29 is 32.4 Å². The molecule has 1 aliphatic rings. The monoisotopic (exact) mass is 426 g/mol. The van der Waals surface area contributed by atoms with Crippen molar-refractivity contribution in [3.63, 3.8) is 0 Å². The molecule has 152 valence electrons. The minimum atomic E-state index is -4.72. The van der Waals surface area contributed by atoms with Crippen molar-refractivity contribution in [2.75, 3.05) is 4.90 Å².